The Labute approximate surface area is 223 Å². The number of aliphatic hydroxyl groups is 1. The van der Waals surface area contributed by atoms with E-state index in [0.29, 0.717) is 12.8 Å². The number of hydrogen-bond donors (Lipinski definition) is 4. The molecule has 1 unspecified atom stereocenters. The third-order valence-electron chi connectivity index (χ3n) is 5.97. The lowest BCUT2D eigenvalue weighted by Crippen LogP contribution is -2.42. The summed E-state index contributed by atoms with van der Waals surface area (Å²) in [7, 11) is -4.34. The van der Waals surface area contributed by atoms with Crippen LogP contribution in [0, 0.1) is 11.8 Å². The molecule has 2 aromatic rings. The summed E-state index contributed by atoms with van der Waals surface area (Å²) < 4.78 is 75.3. The van der Waals surface area contributed by atoms with Crippen molar-refractivity contribution in [3.63, 3.8) is 0 Å². The molecule has 1 aliphatic carbocycles. The van der Waals surface area contributed by atoms with Crippen molar-refractivity contribution < 1.29 is 45.8 Å². The molecule has 4 N–H and O–H groups in total. The Balaban J connectivity index is 1.83. The second-order valence-corrected chi connectivity index (χ2v) is 10.5. The van der Waals surface area contributed by atoms with Crippen LogP contribution in [0.1, 0.15) is 32.6 Å². The maximum Gasteiger partial charge on any atom is 0.573 e. The van der Waals surface area contributed by atoms with Crippen LogP contribution >= 0.6 is 0 Å². The number of halogens is 3. The van der Waals surface area contributed by atoms with E-state index in [2.05, 4.69) is 20.1 Å². The molecule has 0 radical (unpaired) electrons. The van der Waals surface area contributed by atoms with Crippen LogP contribution in [-0.4, -0.2) is 51.5 Å². The average molecular weight is 574 g/mol. The highest BCUT2D eigenvalue weighted by Crippen LogP contribution is 2.34. The first-order valence-electron chi connectivity index (χ1n) is 12.3. The summed E-state index contributed by atoms with van der Waals surface area (Å²) in [6.07, 6.45) is -1.77. The molecule has 1 fully saturated rings. The smallest absolute Gasteiger partial charge is 0.492 e. The maximum atomic E-state index is 13.1. The van der Waals surface area contributed by atoms with Gasteiger partial charge in [-0.25, -0.2) is 8.42 Å². The maximum absolute atomic E-state index is 13.1. The molecule has 39 heavy (non-hydrogen) atoms. The summed E-state index contributed by atoms with van der Waals surface area (Å²) >= 11 is 0. The van der Waals surface area contributed by atoms with Crippen molar-refractivity contribution in [1.29, 1.82) is 0 Å². The van der Waals surface area contributed by atoms with Crippen molar-refractivity contribution >= 4 is 33.2 Å². The van der Waals surface area contributed by atoms with Crippen molar-refractivity contribution in [1.82, 2.24) is 5.32 Å². The molecule has 1 aliphatic rings. The lowest BCUT2D eigenvalue weighted by Gasteiger charge is -2.22. The van der Waals surface area contributed by atoms with Gasteiger partial charge < -0.3 is 25.2 Å². The minimum absolute atomic E-state index is 0.00855. The highest BCUT2D eigenvalue weighted by Gasteiger charge is 2.36. The van der Waals surface area contributed by atoms with Gasteiger partial charge >= 0.3 is 6.36 Å². The minimum Gasteiger partial charge on any atom is -0.492 e. The van der Waals surface area contributed by atoms with Crippen molar-refractivity contribution in [2.45, 2.75) is 43.9 Å². The average Bonchev–Trinajstić information content (AvgIpc) is 3.36. The van der Waals surface area contributed by atoms with E-state index in [1.165, 1.54) is 30.3 Å². The number of anilines is 2. The summed E-state index contributed by atoms with van der Waals surface area (Å²) in [6, 6.07) is 8.13. The van der Waals surface area contributed by atoms with E-state index in [1.54, 1.807) is 6.92 Å². The monoisotopic (exact) mass is 573 g/mol. The van der Waals surface area contributed by atoms with E-state index < -0.39 is 39.9 Å². The van der Waals surface area contributed by atoms with Crippen molar-refractivity contribution in [3.05, 3.63) is 42.5 Å². The standard InChI is InChI=1S/C25H30F3N3O7S/c1-2-37-20-15-17(30-24(34)22(16-6-3-4-7-16)23(33)29-12-13-32)10-11-21(20)39(35,36)31-18-8-5-9-19(14-18)38-25(26,27)28/h5,8-11,14-16,22,31-32H,2-4,6-7,12-13H2,1H3,(H,29,33)(H,30,34). The molecule has 1 atom stereocenters. The molecule has 0 spiro atoms. The van der Waals surface area contributed by atoms with Crippen LogP contribution in [0.2, 0.25) is 0 Å². The number of benzene rings is 2. The summed E-state index contributed by atoms with van der Waals surface area (Å²) in [4.78, 5) is 25.5. The zero-order chi connectivity index (χ0) is 28.6. The molecule has 0 heterocycles. The molecule has 2 aromatic carbocycles. The van der Waals surface area contributed by atoms with Crippen LogP contribution in [0.3, 0.4) is 0 Å². The van der Waals surface area contributed by atoms with Crippen LogP contribution in [0.4, 0.5) is 24.5 Å². The van der Waals surface area contributed by atoms with Crippen LogP contribution in [0.5, 0.6) is 11.5 Å². The normalized spacial score (nSPS) is 14.9. The van der Waals surface area contributed by atoms with Gasteiger partial charge in [-0.2, -0.15) is 0 Å². The predicted molar refractivity (Wildman–Crippen MR) is 136 cm³/mol. The molecule has 0 aliphatic heterocycles. The van der Waals surface area contributed by atoms with E-state index in [0.717, 1.165) is 25.0 Å². The second kappa shape index (κ2) is 13.0. The highest BCUT2D eigenvalue weighted by atomic mass is 32.2. The Morgan fingerprint density at radius 3 is 2.44 bits per heavy atom. The molecular weight excluding hydrogens is 543 g/mol. The molecule has 214 valence electrons. The first-order chi connectivity index (χ1) is 18.4. The topological polar surface area (TPSA) is 143 Å². The van der Waals surface area contributed by atoms with Crippen LogP contribution in [0.25, 0.3) is 0 Å². The van der Waals surface area contributed by atoms with Gasteiger partial charge in [0, 0.05) is 24.4 Å². The third kappa shape index (κ3) is 8.48. The van der Waals surface area contributed by atoms with E-state index in [4.69, 9.17) is 9.84 Å². The fourth-order valence-electron chi connectivity index (χ4n) is 4.39. The molecule has 0 saturated heterocycles. The minimum atomic E-state index is -4.95. The van der Waals surface area contributed by atoms with Gasteiger partial charge in [0.25, 0.3) is 10.0 Å². The van der Waals surface area contributed by atoms with E-state index in [9.17, 15) is 31.2 Å². The Morgan fingerprint density at radius 1 is 1.08 bits per heavy atom. The zero-order valence-electron chi connectivity index (χ0n) is 21.1. The lowest BCUT2D eigenvalue weighted by molar-refractivity contribution is -0.274. The van der Waals surface area contributed by atoms with Crippen LogP contribution in [-0.2, 0) is 19.6 Å². The molecule has 3 rings (SSSR count). The number of sulfonamides is 1. The predicted octanol–water partition coefficient (Wildman–Crippen LogP) is 3.64. The zero-order valence-corrected chi connectivity index (χ0v) is 21.9. The molecule has 0 bridgehead atoms. The van der Waals surface area contributed by atoms with Crippen LogP contribution < -0.4 is 24.8 Å². The van der Waals surface area contributed by atoms with Gasteiger partial charge in [0.2, 0.25) is 11.8 Å². The van der Waals surface area contributed by atoms with Gasteiger partial charge in [0.1, 0.15) is 22.3 Å². The van der Waals surface area contributed by atoms with E-state index >= 15 is 0 Å². The second-order valence-electron chi connectivity index (χ2n) is 8.80. The van der Waals surface area contributed by atoms with E-state index in [-0.39, 0.29) is 47.7 Å². The van der Waals surface area contributed by atoms with E-state index in [1.807, 2.05) is 0 Å². The number of nitrogens with one attached hydrogen (secondary N) is 3. The lowest BCUT2D eigenvalue weighted by atomic mass is 9.89. The summed E-state index contributed by atoms with van der Waals surface area (Å²) in [6.45, 7) is 1.43. The Hall–Kier alpha value is -3.52. The van der Waals surface area contributed by atoms with Gasteiger partial charge in [-0.1, -0.05) is 18.9 Å². The number of alkyl halides is 3. The molecular formula is C25H30F3N3O7S. The molecule has 10 nitrogen and oxygen atoms in total. The Morgan fingerprint density at radius 2 is 1.79 bits per heavy atom. The SMILES string of the molecule is CCOc1cc(NC(=O)C(C(=O)NCCO)C2CCCC2)ccc1S(=O)(=O)Nc1cccc(OC(F)(F)F)c1. The molecule has 14 heteroatoms. The largest absolute Gasteiger partial charge is 0.573 e. The summed E-state index contributed by atoms with van der Waals surface area (Å²) in [5.74, 6) is -2.96. The number of ether oxygens (including phenoxy) is 2. The van der Waals surface area contributed by atoms with Crippen molar-refractivity contribution in [2.75, 3.05) is 29.8 Å². The van der Waals surface area contributed by atoms with Gasteiger partial charge in [0.05, 0.1) is 18.9 Å². The fraction of sp³-hybridized carbons (Fsp3) is 0.440. The van der Waals surface area contributed by atoms with Gasteiger partial charge in [-0.15, -0.1) is 13.2 Å². The summed E-state index contributed by atoms with van der Waals surface area (Å²) in [5.41, 5.74) is 0.00537. The Kier molecular flexibility index (Phi) is 10.0. The molecule has 0 aromatic heterocycles. The third-order valence-corrected chi connectivity index (χ3v) is 7.39. The number of hydrogen-bond acceptors (Lipinski definition) is 7. The highest BCUT2D eigenvalue weighted by molar-refractivity contribution is 7.92. The number of carbonyl (C=O) groups is 2. The van der Waals surface area contributed by atoms with Gasteiger partial charge in [0.15, 0.2) is 0 Å². The quantitative estimate of drug-likeness (QED) is 0.284. The number of amides is 2. The number of aliphatic hydroxyl groups excluding tert-OH is 1. The number of carbonyl (C=O) groups excluding carboxylic acids is 2. The van der Waals surface area contributed by atoms with Crippen molar-refractivity contribution in [3.8, 4) is 11.5 Å². The summed E-state index contributed by atoms with van der Waals surface area (Å²) in [5, 5.41) is 14.2. The molecule has 1 saturated carbocycles. The van der Waals surface area contributed by atoms with Crippen LogP contribution in [0.15, 0.2) is 47.4 Å². The first kappa shape index (κ1) is 30.0. The van der Waals surface area contributed by atoms with Gasteiger partial charge in [-0.05, 0) is 49.9 Å². The first-order valence-corrected chi connectivity index (χ1v) is 13.8. The van der Waals surface area contributed by atoms with Gasteiger partial charge in [-0.3, -0.25) is 14.3 Å². The Bertz CT molecular complexity index is 1270. The fourth-order valence-corrected chi connectivity index (χ4v) is 5.57. The molecule has 2 amide bonds. The number of rotatable bonds is 12. The van der Waals surface area contributed by atoms with Crippen molar-refractivity contribution in [2.24, 2.45) is 11.8 Å².